The molecule has 0 radical (unpaired) electrons. The van der Waals surface area contributed by atoms with Gasteiger partial charge in [-0.3, -0.25) is 4.79 Å². The molecule has 2 aliphatic heterocycles. The molecule has 34 heavy (non-hydrogen) atoms. The largest absolute Gasteiger partial charge is 0.504 e. The molecule has 7 atom stereocenters. The predicted molar refractivity (Wildman–Crippen MR) is 114 cm³/mol. The molecule has 0 spiro atoms. The number of fused-ring (bicyclic) bond motifs is 1. The lowest BCUT2D eigenvalue weighted by atomic mass is 9.92. The number of rotatable bonds is 5. The lowest BCUT2D eigenvalue weighted by Gasteiger charge is -2.42. The SMILES string of the molecule is COc1cc(OC)c2c(c1)OC(c1ccc(O)c(O)c1)C(OC1OC(C)C(O)C(O)C1O)C2=O. The summed E-state index contributed by atoms with van der Waals surface area (Å²) >= 11 is 0. The Kier molecular flexibility index (Phi) is 6.56. The first-order valence-electron chi connectivity index (χ1n) is 10.5. The smallest absolute Gasteiger partial charge is 0.203 e. The van der Waals surface area contributed by atoms with Crippen LogP contribution in [0.1, 0.15) is 28.9 Å². The number of Topliss-reactive ketones (excluding diaryl/α,β-unsaturated/α-hetero) is 1. The van der Waals surface area contributed by atoms with E-state index in [0.717, 1.165) is 0 Å². The highest BCUT2D eigenvalue weighted by Gasteiger charge is 2.48. The van der Waals surface area contributed by atoms with Gasteiger partial charge in [0.25, 0.3) is 0 Å². The number of methoxy groups -OCH3 is 2. The molecule has 0 amide bonds. The average molecular weight is 478 g/mol. The Bertz CT molecular complexity index is 1070. The number of phenols is 2. The van der Waals surface area contributed by atoms with E-state index in [1.165, 1.54) is 51.5 Å². The summed E-state index contributed by atoms with van der Waals surface area (Å²) in [5.74, 6) is -0.734. The van der Waals surface area contributed by atoms with E-state index in [-0.39, 0.29) is 28.4 Å². The standard InChI is InChI=1S/C23H26O11/c1-9-17(26)19(28)20(29)23(32-9)34-22-18(27)16-14(31-3)7-11(30-2)8-15(16)33-21(22)10-4-5-12(24)13(25)6-10/h4-9,17,19-26,28-29H,1-3H3. The molecule has 0 bridgehead atoms. The van der Waals surface area contributed by atoms with Crippen molar-refractivity contribution in [2.75, 3.05) is 14.2 Å². The highest BCUT2D eigenvalue weighted by atomic mass is 16.7. The second-order valence-corrected chi connectivity index (χ2v) is 8.09. The van der Waals surface area contributed by atoms with Crippen LogP contribution in [0, 0.1) is 0 Å². The Morgan fingerprint density at radius 1 is 0.912 bits per heavy atom. The predicted octanol–water partition coefficient (Wildman–Crippen LogP) is 0.644. The van der Waals surface area contributed by atoms with E-state index in [1.54, 1.807) is 0 Å². The molecule has 1 fully saturated rings. The molecule has 11 nitrogen and oxygen atoms in total. The van der Waals surface area contributed by atoms with Gasteiger partial charge >= 0.3 is 0 Å². The van der Waals surface area contributed by atoms with Crippen LogP contribution in [0.4, 0.5) is 0 Å². The van der Waals surface area contributed by atoms with Crippen molar-refractivity contribution in [2.24, 2.45) is 0 Å². The van der Waals surface area contributed by atoms with E-state index in [9.17, 15) is 30.3 Å². The van der Waals surface area contributed by atoms with Crippen molar-refractivity contribution in [1.29, 1.82) is 0 Å². The number of aliphatic hydroxyl groups excluding tert-OH is 3. The van der Waals surface area contributed by atoms with E-state index in [0.29, 0.717) is 5.75 Å². The summed E-state index contributed by atoms with van der Waals surface area (Å²) in [5, 5.41) is 50.3. The minimum Gasteiger partial charge on any atom is -0.504 e. The Morgan fingerprint density at radius 3 is 2.29 bits per heavy atom. The molecule has 0 aliphatic carbocycles. The Hall–Kier alpha value is -3.09. The van der Waals surface area contributed by atoms with Crippen LogP contribution in [-0.2, 0) is 9.47 Å². The fraction of sp³-hybridized carbons (Fsp3) is 0.435. The Balaban J connectivity index is 1.78. The molecule has 4 rings (SSSR count). The molecule has 7 unspecified atom stereocenters. The Labute approximate surface area is 194 Å². The molecule has 0 saturated carbocycles. The first-order chi connectivity index (χ1) is 16.2. The van der Waals surface area contributed by atoms with Gasteiger partial charge in [0, 0.05) is 12.1 Å². The van der Waals surface area contributed by atoms with Crippen molar-refractivity contribution in [1.82, 2.24) is 0 Å². The quantitative estimate of drug-likeness (QED) is 0.383. The number of hydrogen-bond acceptors (Lipinski definition) is 11. The third-order valence-corrected chi connectivity index (χ3v) is 5.95. The maximum Gasteiger partial charge on any atom is 0.203 e. The number of benzene rings is 2. The second-order valence-electron chi connectivity index (χ2n) is 8.09. The van der Waals surface area contributed by atoms with Crippen molar-refractivity contribution in [2.45, 2.75) is 49.8 Å². The summed E-state index contributed by atoms with van der Waals surface area (Å²) in [6.07, 6.45) is -9.55. The lowest BCUT2D eigenvalue weighted by Crippen LogP contribution is -2.59. The molecule has 5 N–H and O–H groups in total. The van der Waals surface area contributed by atoms with Gasteiger partial charge in [0.2, 0.25) is 5.78 Å². The maximum atomic E-state index is 13.7. The van der Waals surface area contributed by atoms with Gasteiger partial charge in [-0.05, 0) is 24.6 Å². The fourth-order valence-electron chi connectivity index (χ4n) is 4.02. The maximum absolute atomic E-state index is 13.7. The van der Waals surface area contributed by atoms with Crippen LogP contribution < -0.4 is 14.2 Å². The van der Waals surface area contributed by atoms with Gasteiger partial charge in [-0.15, -0.1) is 0 Å². The van der Waals surface area contributed by atoms with Gasteiger partial charge in [-0.25, -0.2) is 0 Å². The van der Waals surface area contributed by atoms with Gasteiger partial charge in [0.05, 0.1) is 20.3 Å². The van der Waals surface area contributed by atoms with Gasteiger partial charge in [-0.2, -0.15) is 0 Å². The van der Waals surface area contributed by atoms with Crippen molar-refractivity contribution in [3.63, 3.8) is 0 Å². The first-order valence-corrected chi connectivity index (χ1v) is 10.5. The summed E-state index contributed by atoms with van der Waals surface area (Å²) < 4.78 is 28.0. The zero-order chi connectivity index (χ0) is 24.7. The van der Waals surface area contributed by atoms with Gasteiger partial charge in [-0.1, -0.05) is 6.07 Å². The summed E-state index contributed by atoms with van der Waals surface area (Å²) in [7, 11) is 2.81. The fourth-order valence-corrected chi connectivity index (χ4v) is 4.02. The van der Waals surface area contributed by atoms with Crippen molar-refractivity contribution in [3.05, 3.63) is 41.5 Å². The van der Waals surface area contributed by atoms with E-state index < -0.39 is 54.4 Å². The van der Waals surface area contributed by atoms with Crippen LogP contribution in [0.5, 0.6) is 28.7 Å². The molecular weight excluding hydrogens is 452 g/mol. The molecular formula is C23H26O11. The third-order valence-electron chi connectivity index (χ3n) is 5.95. The van der Waals surface area contributed by atoms with Crippen molar-refractivity contribution in [3.8, 4) is 28.7 Å². The molecule has 1 saturated heterocycles. The van der Waals surface area contributed by atoms with Crippen molar-refractivity contribution >= 4 is 5.78 Å². The summed E-state index contributed by atoms with van der Waals surface area (Å²) in [6.45, 7) is 1.48. The highest BCUT2D eigenvalue weighted by molar-refractivity contribution is 6.06. The molecule has 0 aromatic heterocycles. The highest BCUT2D eigenvalue weighted by Crippen LogP contribution is 2.45. The van der Waals surface area contributed by atoms with Gasteiger partial charge in [0.1, 0.15) is 41.1 Å². The first kappa shape index (κ1) is 24.0. The number of aromatic hydroxyl groups is 2. The van der Waals surface area contributed by atoms with Crippen LogP contribution >= 0.6 is 0 Å². The molecule has 2 aliphatic rings. The second kappa shape index (κ2) is 9.28. The van der Waals surface area contributed by atoms with E-state index in [1.807, 2.05) is 0 Å². The molecule has 2 heterocycles. The summed E-state index contributed by atoms with van der Waals surface area (Å²) in [5.41, 5.74) is 0.339. The monoisotopic (exact) mass is 478 g/mol. The van der Waals surface area contributed by atoms with Crippen LogP contribution in [0.25, 0.3) is 0 Å². The Morgan fingerprint density at radius 2 is 1.65 bits per heavy atom. The number of carbonyl (C=O) groups excluding carboxylic acids is 1. The number of aliphatic hydroxyl groups is 3. The molecule has 2 aromatic rings. The third kappa shape index (κ3) is 4.12. The summed E-state index contributed by atoms with van der Waals surface area (Å²) in [4.78, 5) is 13.7. The van der Waals surface area contributed by atoms with E-state index in [4.69, 9.17) is 23.7 Å². The van der Waals surface area contributed by atoms with Crippen LogP contribution in [0.3, 0.4) is 0 Å². The van der Waals surface area contributed by atoms with E-state index in [2.05, 4.69) is 0 Å². The minimum absolute atomic E-state index is 0.0616. The van der Waals surface area contributed by atoms with E-state index >= 15 is 0 Å². The lowest BCUT2D eigenvalue weighted by molar-refractivity contribution is -0.304. The molecule has 2 aromatic carbocycles. The number of carbonyl (C=O) groups is 1. The van der Waals surface area contributed by atoms with Crippen LogP contribution in [0.15, 0.2) is 30.3 Å². The zero-order valence-electron chi connectivity index (χ0n) is 18.6. The van der Waals surface area contributed by atoms with Crippen molar-refractivity contribution < 1.29 is 54.0 Å². The summed E-state index contributed by atoms with van der Waals surface area (Å²) in [6, 6.07) is 6.87. The number of ether oxygens (including phenoxy) is 5. The number of hydrogen-bond donors (Lipinski definition) is 5. The topological polar surface area (TPSA) is 164 Å². The zero-order valence-corrected chi connectivity index (χ0v) is 18.6. The molecule has 184 valence electrons. The average Bonchev–Trinajstić information content (AvgIpc) is 2.83. The minimum atomic E-state index is -1.66. The van der Waals surface area contributed by atoms with Crippen LogP contribution in [-0.4, -0.2) is 82.3 Å². The molecule has 11 heteroatoms. The van der Waals surface area contributed by atoms with Gasteiger partial charge in [0.15, 0.2) is 30.0 Å². The van der Waals surface area contributed by atoms with Crippen LogP contribution in [0.2, 0.25) is 0 Å². The number of ketones is 1. The normalized spacial score (nSPS) is 30.9. The number of phenolic OH excluding ortho intramolecular Hbond substituents is 2. The van der Waals surface area contributed by atoms with Gasteiger partial charge < -0.3 is 49.2 Å².